The van der Waals surface area contributed by atoms with Crippen LogP contribution in [0.2, 0.25) is 0 Å². The van der Waals surface area contributed by atoms with Crippen molar-refractivity contribution in [2.24, 2.45) is 0 Å². The summed E-state index contributed by atoms with van der Waals surface area (Å²) in [5.41, 5.74) is -0.381. The molecule has 0 aromatic carbocycles. The number of carbonyl (C=O) groups is 1. The predicted molar refractivity (Wildman–Crippen MR) is 53.1 cm³/mol. The summed E-state index contributed by atoms with van der Waals surface area (Å²) in [6, 6.07) is 0.896. The van der Waals surface area contributed by atoms with Crippen molar-refractivity contribution in [1.29, 1.82) is 0 Å². The molecule has 0 bridgehead atoms. The zero-order valence-corrected chi connectivity index (χ0v) is 9.04. The van der Waals surface area contributed by atoms with Crippen LogP contribution in [0, 0.1) is 0 Å². The fraction of sp³-hybridized carbons (Fsp3) is 0.900. The van der Waals surface area contributed by atoms with E-state index in [0.717, 1.165) is 19.5 Å². The molecule has 0 aromatic heterocycles. The summed E-state index contributed by atoms with van der Waals surface area (Å²) >= 11 is 0. The number of amides is 1. The Labute approximate surface area is 84.6 Å². The lowest BCUT2D eigenvalue weighted by Crippen LogP contribution is -2.63. The minimum Gasteiger partial charge on any atom is -0.444 e. The van der Waals surface area contributed by atoms with Crippen LogP contribution in [0.3, 0.4) is 0 Å². The molecular weight excluding hydrogens is 180 g/mol. The van der Waals surface area contributed by atoms with Crippen LogP contribution in [0.25, 0.3) is 0 Å². The van der Waals surface area contributed by atoms with Crippen LogP contribution < -0.4 is 5.32 Å². The standard InChI is InChI=1S/C10H18N2O2/c1-10(2,3)14-9(13)12-6-7-8(12)4-5-11-7/h7-8,11H,4-6H2,1-3H3/t7-,8-/m1/s1. The Hall–Kier alpha value is -0.770. The zero-order valence-electron chi connectivity index (χ0n) is 9.04. The minimum atomic E-state index is -0.381. The number of ether oxygens (including phenoxy) is 1. The lowest BCUT2D eigenvalue weighted by atomic mass is 9.99. The van der Waals surface area contributed by atoms with Gasteiger partial charge in [0.1, 0.15) is 5.60 Å². The first-order valence-corrected chi connectivity index (χ1v) is 5.20. The second kappa shape index (κ2) is 3.12. The van der Waals surface area contributed by atoms with E-state index in [4.69, 9.17) is 4.74 Å². The summed E-state index contributed by atoms with van der Waals surface area (Å²) in [5.74, 6) is 0. The highest BCUT2D eigenvalue weighted by atomic mass is 16.6. The molecule has 2 rings (SSSR count). The lowest BCUT2D eigenvalue weighted by Gasteiger charge is -2.44. The number of nitrogens with zero attached hydrogens (tertiary/aromatic N) is 1. The van der Waals surface area contributed by atoms with Gasteiger partial charge in [0, 0.05) is 12.6 Å². The lowest BCUT2D eigenvalue weighted by molar-refractivity contribution is -0.00933. The van der Waals surface area contributed by atoms with Crippen molar-refractivity contribution >= 4 is 6.09 Å². The van der Waals surface area contributed by atoms with Crippen LogP contribution in [0.1, 0.15) is 27.2 Å². The molecule has 0 saturated carbocycles. The number of likely N-dealkylation sites (tertiary alicyclic amines) is 1. The summed E-state index contributed by atoms with van der Waals surface area (Å²) in [7, 11) is 0. The molecule has 4 nitrogen and oxygen atoms in total. The third kappa shape index (κ3) is 1.71. The van der Waals surface area contributed by atoms with Gasteiger partial charge < -0.3 is 15.0 Å². The van der Waals surface area contributed by atoms with E-state index in [9.17, 15) is 4.79 Å². The molecule has 4 heteroatoms. The van der Waals surface area contributed by atoms with E-state index in [2.05, 4.69) is 5.32 Å². The van der Waals surface area contributed by atoms with Crippen LogP contribution in [-0.4, -0.2) is 41.8 Å². The van der Waals surface area contributed by atoms with Gasteiger partial charge in [0.15, 0.2) is 0 Å². The highest BCUT2D eigenvalue weighted by Gasteiger charge is 2.45. The monoisotopic (exact) mass is 198 g/mol. The second-order valence-electron chi connectivity index (χ2n) is 5.05. The maximum Gasteiger partial charge on any atom is 0.410 e. The molecule has 2 aliphatic rings. The summed E-state index contributed by atoms with van der Waals surface area (Å²) in [4.78, 5) is 13.5. The third-order valence-electron chi connectivity index (χ3n) is 2.73. The van der Waals surface area contributed by atoms with Crippen molar-refractivity contribution in [1.82, 2.24) is 10.2 Å². The highest BCUT2D eigenvalue weighted by Crippen LogP contribution is 2.27. The number of fused-ring (bicyclic) bond motifs is 1. The first kappa shape index (κ1) is 9.77. The van der Waals surface area contributed by atoms with Crippen molar-refractivity contribution in [3.05, 3.63) is 0 Å². The van der Waals surface area contributed by atoms with E-state index in [-0.39, 0.29) is 11.7 Å². The Morgan fingerprint density at radius 1 is 1.50 bits per heavy atom. The molecule has 0 aliphatic carbocycles. The molecule has 80 valence electrons. The fourth-order valence-corrected chi connectivity index (χ4v) is 2.05. The number of hydrogen-bond donors (Lipinski definition) is 1. The summed E-state index contributed by atoms with van der Waals surface area (Å²) in [5, 5.41) is 3.35. The molecule has 2 atom stereocenters. The largest absolute Gasteiger partial charge is 0.444 e. The molecule has 2 aliphatic heterocycles. The van der Waals surface area contributed by atoms with Crippen molar-refractivity contribution in [3.63, 3.8) is 0 Å². The number of hydrogen-bond acceptors (Lipinski definition) is 3. The van der Waals surface area contributed by atoms with Gasteiger partial charge in [-0.15, -0.1) is 0 Å². The first-order chi connectivity index (χ1) is 6.47. The molecular formula is C10H18N2O2. The molecule has 2 fully saturated rings. The van der Waals surface area contributed by atoms with Crippen LogP contribution in [0.15, 0.2) is 0 Å². The number of carbonyl (C=O) groups excluding carboxylic acids is 1. The van der Waals surface area contributed by atoms with Gasteiger partial charge >= 0.3 is 6.09 Å². The normalized spacial score (nSPS) is 30.9. The molecule has 14 heavy (non-hydrogen) atoms. The number of nitrogens with one attached hydrogen (secondary N) is 1. The Kier molecular flexibility index (Phi) is 2.18. The maximum absolute atomic E-state index is 11.7. The van der Waals surface area contributed by atoms with Crippen molar-refractivity contribution in [3.8, 4) is 0 Å². The fourth-order valence-electron chi connectivity index (χ4n) is 2.05. The Balaban J connectivity index is 1.88. The highest BCUT2D eigenvalue weighted by molar-refractivity contribution is 5.70. The zero-order chi connectivity index (χ0) is 10.3. The molecule has 0 unspecified atom stereocenters. The SMILES string of the molecule is CC(C)(C)OC(=O)N1C[C@H]2NCC[C@H]21. The summed E-state index contributed by atoms with van der Waals surface area (Å²) in [6.07, 6.45) is 0.895. The average molecular weight is 198 g/mol. The van der Waals surface area contributed by atoms with Gasteiger partial charge in [0.25, 0.3) is 0 Å². The van der Waals surface area contributed by atoms with E-state index in [1.165, 1.54) is 0 Å². The van der Waals surface area contributed by atoms with Gasteiger partial charge in [-0.3, -0.25) is 0 Å². The molecule has 0 radical (unpaired) electrons. The smallest absolute Gasteiger partial charge is 0.410 e. The first-order valence-electron chi connectivity index (χ1n) is 5.20. The van der Waals surface area contributed by atoms with E-state index in [1.54, 1.807) is 0 Å². The van der Waals surface area contributed by atoms with E-state index in [0.29, 0.717) is 12.1 Å². The van der Waals surface area contributed by atoms with Crippen LogP contribution >= 0.6 is 0 Å². The van der Waals surface area contributed by atoms with Gasteiger partial charge in [-0.2, -0.15) is 0 Å². The van der Waals surface area contributed by atoms with Crippen LogP contribution in [-0.2, 0) is 4.74 Å². The topological polar surface area (TPSA) is 41.6 Å². The van der Waals surface area contributed by atoms with Crippen molar-refractivity contribution in [2.75, 3.05) is 13.1 Å². The molecule has 2 heterocycles. The van der Waals surface area contributed by atoms with Gasteiger partial charge in [0.05, 0.1) is 6.04 Å². The second-order valence-corrected chi connectivity index (χ2v) is 5.05. The number of rotatable bonds is 0. The Morgan fingerprint density at radius 3 is 2.79 bits per heavy atom. The van der Waals surface area contributed by atoms with Crippen molar-refractivity contribution in [2.45, 2.75) is 44.9 Å². The summed E-state index contributed by atoms with van der Waals surface area (Å²) in [6.45, 7) is 7.52. The Morgan fingerprint density at radius 2 is 2.21 bits per heavy atom. The predicted octanol–water partition coefficient (Wildman–Crippen LogP) is 0.968. The van der Waals surface area contributed by atoms with Gasteiger partial charge in [-0.25, -0.2) is 4.79 Å². The average Bonchev–Trinajstić information content (AvgIpc) is 2.28. The van der Waals surface area contributed by atoms with E-state index >= 15 is 0 Å². The van der Waals surface area contributed by atoms with Crippen LogP contribution in [0.5, 0.6) is 0 Å². The molecule has 2 saturated heterocycles. The van der Waals surface area contributed by atoms with Gasteiger partial charge in [-0.05, 0) is 33.7 Å². The minimum absolute atomic E-state index is 0.164. The van der Waals surface area contributed by atoms with Gasteiger partial charge in [-0.1, -0.05) is 0 Å². The third-order valence-corrected chi connectivity index (χ3v) is 2.73. The van der Waals surface area contributed by atoms with Gasteiger partial charge in [0.2, 0.25) is 0 Å². The van der Waals surface area contributed by atoms with E-state index in [1.807, 2.05) is 25.7 Å². The van der Waals surface area contributed by atoms with Crippen LogP contribution in [0.4, 0.5) is 4.79 Å². The Bertz CT molecular complexity index is 247. The summed E-state index contributed by atoms with van der Waals surface area (Å²) < 4.78 is 5.31. The van der Waals surface area contributed by atoms with E-state index < -0.39 is 0 Å². The molecule has 1 N–H and O–H groups in total. The molecule has 0 spiro atoms. The van der Waals surface area contributed by atoms with Crippen molar-refractivity contribution < 1.29 is 9.53 Å². The maximum atomic E-state index is 11.7. The molecule has 0 aromatic rings. The quantitative estimate of drug-likeness (QED) is 0.630. The molecule has 1 amide bonds.